The SMILES string of the molecule is SCC=Cc1ccco1. The Balaban J connectivity index is 2.57. The van der Waals surface area contributed by atoms with E-state index in [0.29, 0.717) is 0 Å². The molecule has 0 fully saturated rings. The predicted octanol–water partition coefficient (Wildman–Crippen LogP) is 2.22. The zero-order valence-corrected chi connectivity index (χ0v) is 5.84. The van der Waals surface area contributed by atoms with Crippen molar-refractivity contribution in [2.75, 3.05) is 5.75 Å². The average molecular weight is 140 g/mol. The lowest BCUT2D eigenvalue weighted by Crippen LogP contribution is -1.60. The second-order valence-electron chi connectivity index (χ2n) is 1.60. The van der Waals surface area contributed by atoms with Crippen molar-refractivity contribution in [3.63, 3.8) is 0 Å². The van der Waals surface area contributed by atoms with Crippen LogP contribution in [0.15, 0.2) is 28.9 Å². The minimum atomic E-state index is 0.751. The maximum absolute atomic E-state index is 5.01. The molecule has 0 saturated heterocycles. The molecule has 0 saturated carbocycles. The molecule has 1 rings (SSSR count). The van der Waals surface area contributed by atoms with Gasteiger partial charge in [-0.3, -0.25) is 0 Å². The van der Waals surface area contributed by atoms with Crippen molar-refractivity contribution in [1.82, 2.24) is 0 Å². The summed E-state index contributed by atoms with van der Waals surface area (Å²) in [7, 11) is 0. The smallest absolute Gasteiger partial charge is 0.126 e. The van der Waals surface area contributed by atoms with Crippen molar-refractivity contribution in [2.45, 2.75) is 0 Å². The van der Waals surface area contributed by atoms with E-state index in [1.54, 1.807) is 6.26 Å². The normalized spacial score (nSPS) is 10.8. The molecule has 48 valence electrons. The molecule has 0 aromatic carbocycles. The molecule has 1 aromatic rings. The van der Waals surface area contributed by atoms with Crippen LogP contribution in [0.25, 0.3) is 6.08 Å². The number of thiol groups is 1. The van der Waals surface area contributed by atoms with E-state index >= 15 is 0 Å². The molecular formula is C7H8OS. The van der Waals surface area contributed by atoms with Gasteiger partial charge < -0.3 is 4.42 Å². The van der Waals surface area contributed by atoms with Gasteiger partial charge in [0.25, 0.3) is 0 Å². The monoisotopic (exact) mass is 140 g/mol. The van der Waals surface area contributed by atoms with Crippen LogP contribution in [0.1, 0.15) is 5.76 Å². The van der Waals surface area contributed by atoms with Crippen molar-refractivity contribution < 1.29 is 4.42 Å². The predicted molar refractivity (Wildman–Crippen MR) is 41.6 cm³/mol. The van der Waals surface area contributed by atoms with Crippen LogP contribution in [-0.4, -0.2) is 5.75 Å². The second-order valence-corrected chi connectivity index (χ2v) is 1.97. The van der Waals surface area contributed by atoms with Crippen LogP contribution in [0.2, 0.25) is 0 Å². The highest BCUT2D eigenvalue weighted by Crippen LogP contribution is 2.01. The van der Waals surface area contributed by atoms with Gasteiger partial charge in [0, 0.05) is 5.75 Å². The van der Waals surface area contributed by atoms with E-state index in [2.05, 4.69) is 12.6 Å². The summed E-state index contributed by atoms with van der Waals surface area (Å²) in [6.45, 7) is 0. The third-order valence-corrected chi connectivity index (χ3v) is 1.14. The van der Waals surface area contributed by atoms with Crippen LogP contribution in [0.3, 0.4) is 0 Å². The van der Waals surface area contributed by atoms with Gasteiger partial charge in [-0.05, 0) is 18.2 Å². The molecule has 1 nitrogen and oxygen atoms in total. The van der Waals surface area contributed by atoms with Gasteiger partial charge >= 0.3 is 0 Å². The zero-order valence-electron chi connectivity index (χ0n) is 4.95. The maximum Gasteiger partial charge on any atom is 0.126 e. The van der Waals surface area contributed by atoms with E-state index in [1.165, 1.54) is 0 Å². The van der Waals surface area contributed by atoms with Crippen molar-refractivity contribution in [3.05, 3.63) is 30.2 Å². The van der Waals surface area contributed by atoms with Crippen LogP contribution < -0.4 is 0 Å². The molecule has 0 atom stereocenters. The van der Waals surface area contributed by atoms with E-state index in [9.17, 15) is 0 Å². The molecule has 0 unspecified atom stereocenters. The minimum absolute atomic E-state index is 0.751. The first kappa shape index (κ1) is 6.49. The third kappa shape index (κ3) is 1.98. The van der Waals surface area contributed by atoms with E-state index in [4.69, 9.17) is 4.42 Å². The van der Waals surface area contributed by atoms with E-state index in [0.717, 1.165) is 11.5 Å². The Kier molecular flexibility index (Phi) is 2.46. The van der Waals surface area contributed by atoms with Gasteiger partial charge in [0.2, 0.25) is 0 Å². The van der Waals surface area contributed by atoms with Crippen LogP contribution in [0.5, 0.6) is 0 Å². The summed E-state index contributed by atoms with van der Waals surface area (Å²) >= 11 is 4.00. The summed E-state index contributed by atoms with van der Waals surface area (Å²) in [6.07, 6.45) is 5.48. The van der Waals surface area contributed by atoms with Crippen molar-refractivity contribution >= 4 is 18.7 Å². The molecule has 0 aliphatic carbocycles. The highest BCUT2D eigenvalue weighted by Gasteiger charge is 1.83. The van der Waals surface area contributed by atoms with Gasteiger partial charge in [-0.1, -0.05) is 6.08 Å². The number of furan rings is 1. The molecule has 1 aromatic heterocycles. The summed E-state index contributed by atoms with van der Waals surface area (Å²) in [5, 5.41) is 0. The summed E-state index contributed by atoms with van der Waals surface area (Å²) in [5.41, 5.74) is 0. The summed E-state index contributed by atoms with van der Waals surface area (Å²) in [5.74, 6) is 1.63. The van der Waals surface area contributed by atoms with Gasteiger partial charge in [0.1, 0.15) is 5.76 Å². The fourth-order valence-electron chi connectivity index (χ4n) is 0.555. The van der Waals surface area contributed by atoms with Crippen molar-refractivity contribution in [2.24, 2.45) is 0 Å². The molecule has 0 bridgehead atoms. The molecule has 1 heterocycles. The number of rotatable bonds is 2. The van der Waals surface area contributed by atoms with E-state index < -0.39 is 0 Å². The molecule has 2 heteroatoms. The Morgan fingerprint density at radius 1 is 1.67 bits per heavy atom. The number of hydrogen-bond acceptors (Lipinski definition) is 2. The standard InChI is InChI=1S/C7H8OS/c9-6-2-4-7-3-1-5-8-7/h1-5,9H,6H2. The highest BCUT2D eigenvalue weighted by molar-refractivity contribution is 7.80. The average Bonchev–Trinajstić information content (AvgIpc) is 2.34. The minimum Gasteiger partial charge on any atom is -0.465 e. The largest absolute Gasteiger partial charge is 0.465 e. The Hall–Kier alpha value is -0.630. The van der Waals surface area contributed by atoms with Gasteiger partial charge in [0.05, 0.1) is 6.26 Å². The molecule has 0 N–H and O–H groups in total. The maximum atomic E-state index is 5.01. The van der Waals surface area contributed by atoms with Crippen molar-refractivity contribution in [3.8, 4) is 0 Å². The Morgan fingerprint density at radius 3 is 3.11 bits per heavy atom. The van der Waals surface area contributed by atoms with Gasteiger partial charge in [-0.2, -0.15) is 12.6 Å². The Morgan fingerprint density at radius 2 is 2.56 bits per heavy atom. The van der Waals surface area contributed by atoms with Gasteiger partial charge in [-0.15, -0.1) is 0 Å². The van der Waals surface area contributed by atoms with E-state index in [1.807, 2.05) is 24.3 Å². The molecule has 0 aliphatic heterocycles. The Labute approximate surface area is 59.8 Å². The molecular weight excluding hydrogens is 132 g/mol. The van der Waals surface area contributed by atoms with Crippen LogP contribution in [0.4, 0.5) is 0 Å². The lowest BCUT2D eigenvalue weighted by molar-refractivity contribution is 0.557. The zero-order chi connectivity index (χ0) is 6.53. The molecule has 0 spiro atoms. The van der Waals surface area contributed by atoms with E-state index in [-0.39, 0.29) is 0 Å². The van der Waals surface area contributed by atoms with Crippen LogP contribution in [-0.2, 0) is 0 Å². The Bertz CT molecular complexity index is 177. The van der Waals surface area contributed by atoms with Gasteiger partial charge in [0.15, 0.2) is 0 Å². The second kappa shape index (κ2) is 3.41. The summed E-state index contributed by atoms with van der Waals surface area (Å²) < 4.78 is 5.01. The first-order valence-corrected chi connectivity index (χ1v) is 3.37. The molecule has 0 radical (unpaired) electrons. The fourth-order valence-corrected chi connectivity index (χ4v) is 0.660. The quantitative estimate of drug-likeness (QED) is 0.621. The fraction of sp³-hybridized carbons (Fsp3) is 0.143. The molecule has 0 aliphatic rings. The summed E-state index contributed by atoms with van der Waals surface area (Å²) in [6, 6.07) is 3.76. The van der Waals surface area contributed by atoms with Crippen LogP contribution >= 0.6 is 12.6 Å². The summed E-state index contributed by atoms with van der Waals surface area (Å²) in [4.78, 5) is 0. The highest BCUT2D eigenvalue weighted by atomic mass is 32.1. The first-order valence-electron chi connectivity index (χ1n) is 2.74. The first-order chi connectivity index (χ1) is 4.43. The van der Waals surface area contributed by atoms with Crippen LogP contribution in [0, 0.1) is 0 Å². The topological polar surface area (TPSA) is 13.1 Å². The third-order valence-electron chi connectivity index (χ3n) is 0.931. The lowest BCUT2D eigenvalue weighted by Gasteiger charge is -1.79. The lowest BCUT2D eigenvalue weighted by atomic mass is 10.4. The number of hydrogen-bond donors (Lipinski definition) is 1. The van der Waals surface area contributed by atoms with Crippen molar-refractivity contribution in [1.29, 1.82) is 0 Å². The van der Waals surface area contributed by atoms with Gasteiger partial charge in [-0.25, -0.2) is 0 Å². The molecule has 0 amide bonds. The molecule has 9 heavy (non-hydrogen) atoms.